The highest BCUT2D eigenvalue weighted by atomic mass is 16.4. The maximum Gasteiger partial charge on any atom is 0.326 e. The van der Waals surface area contributed by atoms with Gasteiger partial charge in [0.1, 0.15) is 11.8 Å². The zero-order valence-electron chi connectivity index (χ0n) is 11.4. The molecule has 1 amide bonds. The van der Waals surface area contributed by atoms with Crippen LogP contribution in [0.25, 0.3) is 0 Å². The number of rotatable bonds is 7. The van der Waals surface area contributed by atoms with Crippen molar-refractivity contribution < 1.29 is 19.8 Å². The summed E-state index contributed by atoms with van der Waals surface area (Å²) in [5.74, 6) is -1.71. The number of hydrogen-bond acceptors (Lipinski definition) is 4. The molecule has 6 heteroatoms. The molecule has 0 heterocycles. The van der Waals surface area contributed by atoms with Crippen molar-refractivity contribution in [2.24, 2.45) is 11.7 Å². The van der Waals surface area contributed by atoms with E-state index in [0.717, 1.165) is 5.56 Å². The molecule has 20 heavy (non-hydrogen) atoms. The van der Waals surface area contributed by atoms with Gasteiger partial charge in [-0.3, -0.25) is 4.79 Å². The minimum absolute atomic E-state index is 0.110. The molecule has 0 saturated carbocycles. The number of nitrogens with one attached hydrogen (secondary N) is 1. The fourth-order valence-corrected chi connectivity index (χ4v) is 1.82. The average Bonchev–Trinajstić information content (AvgIpc) is 2.41. The topological polar surface area (TPSA) is 113 Å². The number of aliphatic carboxylic acids is 1. The molecule has 2 unspecified atom stereocenters. The van der Waals surface area contributed by atoms with Crippen LogP contribution in [0.2, 0.25) is 0 Å². The molecule has 0 radical (unpaired) electrons. The lowest BCUT2D eigenvalue weighted by atomic mass is 10.0. The van der Waals surface area contributed by atoms with Crippen LogP contribution in [0.1, 0.15) is 18.9 Å². The third-order valence-corrected chi connectivity index (χ3v) is 3.14. The molecule has 0 spiro atoms. The van der Waals surface area contributed by atoms with Gasteiger partial charge >= 0.3 is 5.97 Å². The number of amides is 1. The quantitative estimate of drug-likeness (QED) is 0.580. The number of benzene rings is 1. The highest BCUT2D eigenvalue weighted by Crippen LogP contribution is 2.12. The van der Waals surface area contributed by atoms with Crippen molar-refractivity contribution in [3.05, 3.63) is 29.8 Å². The lowest BCUT2D eigenvalue weighted by molar-refractivity contribution is -0.142. The second-order valence-electron chi connectivity index (χ2n) is 4.61. The highest BCUT2D eigenvalue weighted by Gasteiger charge is 2.23. The van der Waals surface area contributed by atoms with Crippen LogP contribution in [0.5, 0.6) is 5.75 Å². The summed E-state index contributed by atoms with van der Waals surface area (Å²) in [5.41, 5.74) is 6.19. The summed E-state index contributed by atoms with van der Waals surface area (Å²) >= 11 is 0. The van der Waals surface area contributed by atoms with E-state index < -0.39 is 12.0 Å². The maximum atomic E-state index is 11.9. The van der Waals surface area contributed by atoms with Crippen molar-refractivity contribution in [2.45, 2.75) is 25.8 Å². The van der Waals surface area contributed by atoms with Crippen LogP contribution in [-0.2, 0) is 16.0 Å². The molecule has 0 fully saturated rings. The third-order valence-electron chi connectivity index (χ3n) is 3.14. The average molecular weight is 280 g/mol. The first-order chi connectivity index (χ1) is 9.47. The lowest BCUT2D eigenvalue weighted by Crippen LogP contribution is -2.46. The number of aromatic hydroxyl groups is 1. The Morgan fingerprint density at radius 3 is 2.35 bits per heavy atom. The van der Waals surface area contributed by atoms with E-state index in [9.17, 15) is 14.7 Å². The zero-order chi connectivity index (χ0) is 15.1. The number of phenols is 1. The van der Waals surface area contributed by atoms with E-state index in [1.54, 1.807) is 12.1 Å². The van der Waals surface area contributed by atoms with Gasteiger partial charge in [0, 0.05) is 18.9 Å². The van der Waals surface area contributed by atoms with Crippen LogP contribution in [0.3, 0.4) is 0 Å². The number of carboxylic acid groups (broad SMARTS) is 1. The summed E-state index contributed by atoms with van der Waals surface area (Å²) in [6.07, 6.45) is 0.718. The molecule has 1 aromatic carbocycles. The van der Waals surface area contributed by atoms with Gasteiger partial charge in [0.2, 0.25) is 5.91 Å². The summed E-state index contributed by atoms with van der Waals surface area (Å²) in [7, 11) is 0. The minimum atomic E-state index is -1.10. The molecule has 1 aromatic rings. The van der Waals surface area contributed by atoms with Crippen LogP contribution in [0.15, 0.2) is 24.3 Å². The van der Waals surface area contributed by atoms with E-state index in [4.69, 9.17) is 10.8 Å². The molecule has 6 nitrogen and oxygen atoms in total. The van der Waals surface area contributed by atoms with Crippen LogP contribution < -0.4 is 11.1 Å². The van der Waals surface area contributed by atoms with Crippen LogP contribution >= 0.6 is 0 Å². The maximum absolute atomic E-state index is 11.9. The van der Waals surface area contributed by atoms with Gasteiger partial charge in [-0.1, -0.05) is 19.1 Å². The van der Waals surface area contributed by atoms with Crippen LogP contribution in [0.4, 0.5) is 0 Å². The smallest absolute Gasteiger partial charge is 0.326 e. The first-order valence-corrected chi connectivity index (χ1v) is 6.49. The van der Waals surface area contributed by atoms with E-state index in [2.05, 4.69) is 5.32 Å². The van der Waals surface area contributed by atoms with E-state index in [0.29, 0.717) is 6.42 Å². The van der Waals surface area contributed by atoms with Crippen molar-refractivity contribution >= 4 is 11.9 Å². The van der Waals surface area contributed by atoms with Crippen molar-refractivity contribution in [3.63, 3.8) is 0 Å². The van der Waals surface area contributed by atoms with Crippen LogP contribution in [-0.4, -0.2) is 34.7 Å². The Labute approximate surface area is 117 Å². The first-order valence-electron chi connectivity index (χ1n) is 6.49. The van der Waals surface area contributed by atoms with Gasteiger partial charge in [-0.2, -0.15) is 0 Å². The Bertz CT molecular complexity index is 455. The summed E-state index contributed by atoms with van der Waals surface area (Å²) < 4.78 is 0. The van der Waals surface area contributed by atoms with E-state index >= 15 is 0 Å². The van der Waals surface area contributed by atoms with Crippen molar-refractivity contribution in [3.8, 4) is 5.75 Å². The number of carbonyl (C=O) groups excluding carboxylic acids is 1. The molecule has 2 atom stereocenters. The van der Waals surface area contributed by atoms with Crippen molar-refractivity contribution in [1.29, 1.82) is 0 Å². The Hall–Kier alpha value is -2.08. The molecule has 110 valence electrons. The molecular weight excluding hydrogens is 260 g/mol. The van der Waals surface area contributed by atoms with Gasteiger partial charge in [0.25, 0.3) is 0 Å². The van der Waals surface area contributed by atoms with Crippen LogP contribution in [0, 0.1) is 5.92 Å². The minimum Gasteiger partial charge on any atom is -0.508 e. The summed E-state index contributed by atoms with van der Waals surface area (Å²) in [4.78, 5) is 23.1. The molecule has 0 aliphatic heterocycles. The normalized spacial score (nSPS) is 13.5. The second kappa shape index (κ2) is 7.49. The Balaban J connectivity index is 2.72. The molecule has 0 bridgehead atoms. The second-order valence-corrected chi connectivity index (χ2v) is 4.61. The van der Waals surface area contributed by atoms with Gasteiger partial charge in [0.05, 0.1) is 0 Å². The Morgan fingerprint density at radius 1 is 1.30 bits per heavy atom. The van der Waals surface area contributed by atoms with Crippen molar-refractivity contribution in [1.82, 2.24) is 5.32 Å². The zero-order valence-corrected chi connectivity index (χ0v) is 11.4. The number of hydrogen-bond donors (Lipinski definition) is 4. The van der Waals surface area contributed by atoms with E-state index in [-0.39, 0.29) is 30.5 Å². The molecule has 0 aliphatic carbocycles. The predicted molar refractivity (Wildman–Crippen MR) is 74.2 cm³/mol. The molecule has 0 saturated heterocycles. The summed E-state index contributed by atoms with van der Waals surface area (Å²) in [6, 6.07) is 5.19. The number of carboxylic acids is 1. The fraction of sp³-hybridized carbons (Fsp3) is 0.429. The highest BCUT2D eigenvalue weighted by molar-refractivity contribution is 5.85. The van der Waals surface area contributed by atoms with E-state index in [1.807, 2.05) is 6.92 Å². The number of phenolic OH excluding ortho intramolecular Hbond substituents is 1. The fourth-order valence-electron chi connectivity index (χ4n) is 1.82. The molecular formula is C14H20N2O4. The van der Waals surface area contributed by atoms with Gasteiger partial charge in [-0.05, 0) is 24.1 Å². The third kappa shape index (κ3) is 4.55. The standard InChI is InChI=1S/C14H20N2O4/c1-2-10(8-15)13(18)16-12(14(19)20)7-9-3-5-11(17)6-4-9/h3-6,10,12,17H,2,7-8,15H2,1H3,(H,16,18)(H,19,20). The van der Waals surface area contributed by atoms with Gasteiger partial charge in [-0.25, -0.2) is 4.79 Å². The SMILES string of the molecule is CCC(CN)C(=O)NC(Cc1ccc(O)cc1)C(=O)O. The number of carbonyl (C=O) groups is 2. The summed E-state index contributed by atoms with van der Waals surface area (Å²) in [5, 5.41) is 20.9. The monoisotopic (exact) mass is 280 g/mol. The van der Waals surface area contributed by atoms with Gasteiger partial charge in [-0.15, -0.1) is 0 Å². The molecule has 0 aromatic heterocycles. The van der Waals surface area contributed by atoms with Crippen molar-refractivity contribution in [2.75, 3.05) is 6.54 Å². The molecule has 5 N–H and O–H groups in total. The predicted octanol–water partition coefficient (Wildman–Crippen LogP) is 0.489. The lowest BCUT2D eigenvalue weighted by Gasteiger charge is -2.18. The molecule has 1 rings (SSSR count). The van der Waals surface area contributed by atoms with E-state index in [1.165, 1.54) is 12.1 Å². The van der Waals surface area contributed by atoms with Gasteiger partial charge < -0.3 is 21.3 Å². The first kappa shape index (κ1) is 16.0. The molecule has 0 aliphatic rings. The summed E-state index contributed by atoms with van der Waals surface area (Å²) in [6.45, 7) is 2.01. The van der Waals surface area contributed by atoms with Gasteiger partial charge in [0.15, 0.2) is 0 Å². The Kier molecular flexibility index (Phi) is 5.99. The Morgan fingerprint density at radius 2 is 1.90 bits per heavy atom. The number of nitrogens with two attached hydrogens (primary N) is 1. The largest absolute Gasteiger partial charge is 0.508 e.